The van der Waals surface area contributed by atoms with E-state index < -0.39 is 0 Å². The van der Waals surface area contributed by atoms with Gasteiger partial charge in [-0.2, -0.15) is 0 Å². The minimum absolute atomic E-state index is 0.536. The zero-order chi connectivity index (χ0) is 17.1. The van der Waals surface area contributed by atoms with Gasteiger partial charge in [-0.15, -0.1) is 0 Å². The molecule has 1 saturated carbocycles. The molecule has 4 rings (SSSR count). The summed E-state index contributed by atoms with van der Waals surface area (Å²) < 4.78 is 5.46. The normalized spacial score (nSPS) is 26.8. The van der Waals surface area contributed by atoms with Crippen LogP contribution in [0.1, 0.15) is 32.1 Å². The number of nitrogens with one attached hydrogen (secondary N) is 2. The summed E-state index contributed by atoms with van der Waals surface area (Å²) in [5.74, 6) is 0.714. The third-order valence-corrected chi connectivity index (χ3v) is 5.75. The summed E-state index contributed by atoms with van der Waals surface area (Å²) in [5.41, 5.74) is 2.12. The minimum atomic E-state index is 0.536. The van der Waals surface area contributed by atoms with E-state index in [-0.39, 0.29) is 0 Å². The predicted molar refractivity (Wildman–Crippen MR) is 103 cm³/mol. The maximum absolute atomic E-state index is 6.08. The van der Waals surface area contributed by atoms with Crippen molar-refractivity contribution in [3.63, 3.8) is 0 Å². The number of anilines is 1. The fourth-order valence-corrected chi connectivity index (χ4v) is 4.15. The van der Waals surface area contributed by atoms with E-state index in [2.05, 4.69) is 27.8 Å². The van der Waals surface area contributed by atoms with Gasteiger partial charge in [-0.1, -0.05) is 11.6 Å². The molecule has 25 heavy (non-hydrogen) atoms. The van der Waals surface area contributed by atoms with Crippen molar-refractivity contribution in [1.82, 2.24) is 10.3 Å². The van der Waals surface area contributed by atoms with E-state index in [1.807, 2.05) is 18.3 Å². The van der Waals surface area contributed by atoms with Crippen LogP contribution in [0.2, 0.25) is 5.02 Å². The number of fused-ring (bicyclic) bond motifs is 1. The van der Waals surface area contributed by atoms with E-state index in [0.29, 0.717) is 18.0 Å². The lowest BCUT2D eigenvalue weighted by Crippen LogP contribution is -2.39. The summed E-state index contributed by atoms with van der Waals surface area (Å²) in [5, 5.41) is 9.36. The topological polar surface area (TPSA) is 46.2 Å². The van der Waals surface area contributed by atoms with Crippen LogP contribution in [-0.2, 0) is 4.74 Å². The molecular weight excluding hydrogens is 334 g/mol. The molecule has 2 N–H and O–H groups in total. The SMILES string of the molecule is Clc1ccc2c(N[C@H]3CC[C@@H](NCC4CCOC4)CC3)ccnc2c1. The van der Waals surface area contributed by atoms with Crippen LogP contribution in [-0.4, -0.2) is 36.8 Å². The molecule has 1 unspecified atom stereocenters. The number of aromatic nitrogens is 1. The second kappa shape index (κ2) is 7.90. The van der Waals surface area contributed by atoms with Crippen LogP contribution in [0.5, 0.6) is 0 Å². The van der Waals surface area contributed by atoms with E-state index in [1.165, 1.54) is 37.8 Å². The van der Waals surface area contributed by atoms with E-state index in [4.69, 9.17) is 16.3 Å². The first-order valence-corrected chi connectivity index (χ1v) is 9.77. The molecule has 5 heteroatoms. The van der Waals surface area contributed by atoms with Gasteiger partial charge in [0.25, 0.3) is 0 Å². The van der Waals surface area contributed by atoms with Gasteiger partial charge in [0.15, 0.2) is 0 Å². The molecule has 1 saturated heterocycles. The molecular formula is C20H26ClN3O. The maximum atomic E-state index is 6.08. The third-order valence-electron chi connectivity index (χ3n) is 5.51. The second-order valence-electron chi connectivity index (χ2n) is 7.35. The summed E-state index contributed by atoms with van der Waals surface area (Å²) in [6.07, 6.45) is 7.95. The first-order chi connectivity index (χ1) is 12.3. The average molecular weight is 360 g/mol. The van der Waals surface area contributed by atoms with Crippen molar-refractivity contribution in [2.24, 2.45) is 5.92 Å². The summed E-state index contributed by atoms with van der Waals surface area (Å²) in [6, 6.07) is 9.19. The maximum Gasteiger partial charge on any atom is 0.0737 e. The van der Waals surface area contributed by atoms with Crippen LogP contribution in [0.3, 0.4) is 0 Å². The Labute approximate surface area is 154 Å². The fourth-order valence-electron chi connectivity index (χ4n) is 3.99. The van der Waals surface area contributed by atoms with Crippen LogP contribution in [0.25, 0.3) is 10.9 Å². The van der Waals surface area contributed by atoms with Crippen molar-refractivity contribution < 1.29 is 4.74 Å². The molecule has 0 bridgehead atoms. The molecule has 1 aromatic carbocycles. The number of nitrogens with zero attached hydrogens (tertiary/aromatic N) is 1. The van der Waals surface area contributed by atoms with E-state index in [9.17, 15) is 0 Å². The number of benzene rings is 1. The number of pyridine rings is 1. The quantitative estimate of drug-likeness (QED) is 0.838. The largest absolute Gasteiger partial charge is 0.382 e. The molecule has 134 valence electrons. The van der Waals surface area contributed by atoms with Gasteiger partial charge < -0.3 is 15.4 Å². The Morgan fingerprint density at radius 1 is 1.08 bits per heavy atom. The number of hydrogen-bond acceptors (Lipinski definition) is 4. The third kappa shape index (κ3) is 4.25. The lowest BCUT2D eigenvalue weighted by Gasteiger charge is -2.31. The molecule has 4 nitrogen and oxygen atoms in total. The lowest BCUT2D eigenvalue weighted by molar-refractivity contribution is 0.183. The van der Waals surface area contributed by atoms with Gasteiger partial charge in [0.1, 0.15) is 0 Å². The Morgan fingerprint density at radius 2 is 1.92 bits per heavy atom. The highest BCUT2D eigenvalue weighted by molar-refractivity contribution is 6.31. The molecule has 0 spiro atoms. The Morgan fingerprint density at radius 3 is 2.72 bits per heavy atom. The Balaban J connectivity index is 1.31. The lowest BCUT2D eigenvalue weighted by atomic mass is 9.90. The van der Waals surface area contributed by atoms with Crippen LogP contribution in [0.4, 0.5) is 5.69 Å². The van der Waals surface area contributed by atoms with Crippen LogP contribution < -0.4 is 10.6 Å². The zero-order valence-electron chi connectivity index (χ0n) is 14.5. The zero-order valence-corrected chi connectivity index (χ0v) is 15.3. The van der Waals surface area contributed by atoms with Gasteiger partial charge in [0.05, 0.1) is 12.1 Å². The second-order valence-corrected chi connectivity index (χ2v) is 7.79. The van der Waals surface area contributed by atoms with E-state index >= 15 is 0 Å². The molecule has 2 aliphatic rings. The predicted octanol–water partition coefficient (Wildman–Crippen LogP) is 4.24. The number of hydrogen-bond donors (Lipinski definition) is 2. The molecule has 1 aromatic heterocycles. The van der Waals surface area contributed by atoms with Gasteiger partial charge in [-0.3, -0.25) is 4.98 Å². The highest BCUT2D eigenvalue weighted by Gasteiger charge is 2.23. The van der Waals surface area contributed by atoms with Crippen LogP contribution >= 0.6 is 11.6 Å². The highest BCUT2D eigenvalue weighted by Crippen LogP contribution is 2.28. The van der Waals surface area contributed by atoms with Gasteiger partial charge in [0.2, 0.25) is 0 Å². The number of halogens is 1. The average Bonchev–Trinajstić information content (AvgIpc) is 3.15. The van der Waals surface area contributed by atoms with Crippen molar-refractivity contribution in [1.29, 1.82) is 0 Å². The van der Waals surface area contributed by atoms with Crippen molar-refractivity contribution in [2.75, 3.05) is 25.1 Å². The number of ether oxygens (including phenoxy) is 1. The minimum Gasteiger partial charge on any atom is -0.382 e. The molecule has 1 atom stereocenters. The van der Waals surface area contributed by atoms with Crippen molar-refractivity contribution in [3.8, 4) is 0 Å². The van der Waals surface area contributed by atoms with Crippen molar-refractivity contribution in [3.05, 3.63) is 35.5 Å². The number of rotatable bonds is 5. The molecule has 1 aliphatic carbocycles. The van der Waals surface area contributed by atoms with Crippen molar-refractivity contribution in [2.45, 2.75) is 44.2 Å². The Kier molecular flexibility index (Phi) is 5.39. The molecule has 1 aliphatic heterocycles. The van der Waals surface area contributed by atoms with Gasteiger partial charge in [0, 0.05) is 47.5 Å². The smallest absolute Gasteiger partial charge is 0.0737 e. The summed E-state index contributed by atoms with van der Waals surface area (Å²) in [7, 11) is 0. The standard InChI is InChI=1S/C20H26ClN3O/c21-15-1-6-18-19(7-9-22-20(18)11-15)24-17-4-2-16(3-5-17)23-12-14-8-10-25-13-14/h1,6-7,9,11,14,16-17,23H,2-5,8,10,12-13H2,(H,22,24)/t14?,16-,17+. The summed E-state index contributed by atoms with van der Waals surface area (Å²) in [6.45, 7) is 2.98. The summed E-state index contributed by atoms with van der Waals surface area (Å²) >= 11 is 6.08. The molecule has 0 amide bonds. The summed E-state index contributed by atoms with van der Waals surface area (Å²) in [4.78, 5) is 4.43. The monoisotopic (exact) mass is 359 g/mol. The molecule has 2 heterocycles. The molecule has 2 aromatic rings. The molecule has 0 radical (unpaired) electrons. The van der Waals surface area contributed by atoms with Gasteiger partial charge in [-0.25, -0.2) is 0 Å². The van der Waals surface area contributed by atoms with E-state index in [1.54, 1.807) is 0 Å². The van der Waals surface area contributed by atoms with Gasteiger partial charge >= 0.3 is 0 Å². The first kappa shape index (κ1) is 17.1. The Bertz CT molecular complexity index is 709. The highest BCUT2D eigenvalue weighted by atomic mass is 35.5. The van der Waals surface area contributed by atoms with Crippen LogP contribution in [0.15, 0.2) is 30.5 Å². The van der Waals surface area contributed by atoms with Crippen LogP contribution in [0, 0.1) is 5.92 Å². The first-order valence-electron chi connectivity index (χ1n) is 9.40. The van der Waals surface area contributed by atoms with Crippen molar-refractivity contribution >= 4 is 28.2 Å². The van der Waals surface area contributed by atoms with Gasteiger partial charge in [-0.05, 0) is 62.3 Å². The fraction of sp³-hybridized carbons (Fsp3) is 0.550. The Hall–Kier alpha value is -1.36. The van der Waals surface area contributed by atoms with E-state index in [0.717, 1.165) is 35.7 Å². The molecule has 2 fully saturated rings.